The molecule has 2 aromatic carbocycles. The van der Waals surface area contributed by atoms with Crippen LogP contribution in [0, 0.1) is 6.92 Å². The van der Waals surface area contributed by atoms with E-state index in [2.05, 4.69) is 12.2 Å². The van der Waals surface area contributed by atoms with E-state index in [1.807, 2.05) is 43.3 Å². The summed E-state index contributed by atoms with van der Waals surface area (Å²) in [5.74, 6) is 0.613. The second kappa shape index (κ2) is 7.48. The molecule has 0 aliphatic carbocycles. The van der Waals surface area contributed by atoms with Gasteiger partial charge in [0.2, 0.25) is 0 Å². The van der Waals surface area contributed by atoms with E-state index in [4.69, 9.17) is 4.74 Å². The highest BCUT2D eigenvalue weighted by Crippen LogP contribution is 2.16. The molecule has 2 rings (SSSR count). The number of hydrogen-bond acceptors (Lipinski definition) is 2. The highest BCUT2D eigenvalue weighted by atomic mass is 16.5. The second-order valence-electron chi connectivity index (χ2n) is 5.05. The number of aryl methyl sites for hydroxylation is 1. The van der Waals surface area contributed by atoms with Crippen LogP contribution >= 0.6 is 0 Å². The lowest BCUT2D eigenvalue weighted by molar-refractivity contribution is 0.102. The van der Waals surface area contributed by atoms with Gasteiger partial charge in [-0.05, 0) is 49.2 Å². The molecule has 0 fully saturated rings. The average Bonchev–Trinajstić information content (AvgIpc) is 2.48. The number of benzene rings is 2. The first-order valence-corrected chi connectivity index (χ1v) is 7.30. The summed E-state index contributed by atoms with van der Waals surface area (Å²) < 4.78 is 5.63. The number of amides is 1. The first-order valence-electron chi connectivity index (χ1n) is 7.30. The Morgan fingerprint density at radius 3 is 2.71 bits per heavy atom. The lowest BCUT2D eigenvalue weighted by atomic mass is 10.2. The fraction of sp³-hybridized carbons (Fsp3) is 0.278. The summed E-state index contributed by atoms with van der Waals surface area (Å²) in [4.78, 5) is 12.2. The van der Waals surface area contributed by atoms with Crippen LogP contribution in [0.25, 0.3) is 0 Å². The Balaban J connectivity index is 2.03. The molecule has 0 heterocycles. The maximum absolute atomic E-state index is 12.2. The van der Waals surface area contributed by atoms with Crippen LogP contribution < -0.4 is 10.1 Å². The van der Waals surface area contributed by atoms with Crippen molar-refractivity contribution in [3.8, 4) is 5.75 Å². The molecule has 3 nitrogen and oxygen atoms in total. The first-order chi connectivity index (χ1) is 10.2. The van der Waals surface area contributed by atoms with E-state index in [0.29, 0.717) is 12.2 Å². The summed E-state index contributed by atoms with van der Waals surface area (Å²) in [5, 5.41) is 2.90. The minimum absolute atomic E-state index is 0.124. The topological polar surface area (TPSA) is 38.3 Å². The monoisotopic (exact) mass is 283 g/mol. The molecule has 0 unspecified atom stereocenters. The van der Waals surface area contributed by atoms with Crippen molar-refractivity contribution in [3.05, 3.63) is 59.7 Å². The quantitative estimate of drug-likeness (QED) is 0.797. The van der Waals surface area contributed by atoms with Crippen LogP contribution in [-0.2, 0) is 0 Å². The summed E-state index contributed by atoms with van der Waals surface area (Å²) in [6.07, 6.45) is 2.10. The van der Waals surface area contributed by atoms with Crippen LogP contribution in [0.1, 0.15) is 35.7 Å². The molecule has 0 atom stereocenters. The highest BCUT2D eigenvalue weighted by Gasteiger charge is 2.07. The number of rotatable bonds is 6. The lowest BCUT2D eigenvalue weighted by Crippen LogP contribution is -2.12. The Bertz CT molecular complexity index is 608. The van der Waals surface area contributed by atoms with Gasteiger partial charge in [0.25, 0.3) is 5.91 Å². The van der Waals surface area contributed by atoms with E-state index in [9.17, 15) is 4.79 Å². The molecule has 1 amide bonds. The van der Waals surface area contributed by atoms with E-state index in [-0.39, 0.29) is 5.91 Å². The molecule has 0 aromatic heterocycles. The van der Waals surface area contributed by atoms with Gasteiger partial charge in [0, 0.05) is 11.3 Å². The van der Waals surface area contributed by atoms with Gasteiger partial charge in [0.1, 0.15) is 5.75 Å². The zero-order valence-electron chi connectivity index (χ0n) is 12.6. The Hall–Kier alpha value is -2.29. The van der Waals surface area contributed by atoms with Crippen molar-refractivity contribution in [2.75, 3.05) is 11.9 Å². The summed E-state index contributed by atoms with van der Waals surface area (Å²) in [6.45, 7) is 4.80. The van der Waals surface area contributed by atoms with Crippen LogP contribution in [0.15, 0.2) is 48.5 Å². The molecule has 2 aromatic rings. The number of hydrogen-bond donors (Lipinski definition) is 1. The zero-order chi connectivity index (χ0) is 15.1. The normalized spacial score (nSPS) is 10.2. The van der Waals surface area contributed by atoms with Crippen molar-refractivity contribution in [2.45, 2.75) is 26.7 Å². The summed E-state index contributed by atoms with van der Waals surface area (Å²) in [6, 6.07) is 15.0. The number of unbranched alkanes of at least 4 members (excludes halogenated alkanes) is 1. The number of ether oxygens (including phenoxy) is 1. The Morgan fingerprint density at radius 2 is 1.95 bits per heavy atom. The molecule has 110 valence electrons. The van der Waals surface area contributed by atoms with Gasteiger partial charge in [-0.2, -0.15) is 0 Å². The van der Waals surface area contributed by atoms with E-state index in [1.54, 1.807) is 12.1 Å². The molecule has 0 saturated carbocycles. The number of carbonyl (C=O) groups is 1. The third-order valence-electron chi connectivity index (χ3n) is 3.14. The van der Waals surface area contributed by atoms with Gasteiger partial charge in [-0.3, -0.25) is 4.79 Å². The van der Waals surface area contributed by atoms with Gasteiger partial charge in [-0.15, -0.1) is 0 Å². The largest absolute Gasteiger partial charge is 0.494 e. The fourth-order valence-corrected chi connectivity index (χ4v) is 1.99. The first kappa shape index (κ1) is 15.1. The third-order valence-corrected chi connectivity index (χ3v) is 3.14. The van der Waals surface area contributed by atoms with Crippen molar-refractivity contribution >= 4 is 11.6 Å². The number of nitrogens with one attached hydrogen (secondary N) is 1. The maximum Gasteiger partial charge on any atom is 0.255 e. The predicted octanol–water partition coefficient (Wildman–Crippen LogP) is 4.43. The van der Waals surface area contributed by atoms with Gasteiger partial charge in [0.05, 0.1) is 6.61 Å². The molecule has 0 radical (unpaired) electrons. The number of carbonyl (C=O) groups excluding carboxylic acids is 1. The average molecular weight is 283 g/mol. The minimum Gasteiger partial charge on any atom is -0.494 e. The smallest absolute Gasteiger partial charge is 0.255 e. The second-order valence-corrected chi connectivity index (χ2v) is 5.05. The maximum atomic E-state index is 12.2. The Labute approximate surface area is 126 Å². The van der Waals surface area contributed by atoms with Gasteiger partial charge >= 0.3 is 0 Å². The van der Waals surface area contributed by atoms with Gasteiger partial charge in [-0.1, -0.05) is 31.5 Å². The van der Waals surface area contributed by atoms with E-state index in [1.165, 1.54) is 0 Å². The van der Waals surface area contributed by atoms with Crippen molar-refractivity contribution in [1.82, 2.24) is 0 Å². The molecular weight excluding hydrogens is 262 g/mol. The van der Waals surface area contributed by atoms with E-state index >= 15 is 0 Å². The third kappa shape index (κ3) is 4.63. The van der Waals surface area contributed by atoms with Gasteiger partial charge in [0.15, 0.2) is 0 Å². The van der Waals surface area contributed by atoms with E-state index in [0.717, 1.165) is 29.8 Å². The molecule has 0 aliphatic heterocycles. The highest BCUT2D eigenvalue weighted by molar-refractivity contribution is 6.04. The number of anilines is 1. The van der Waals surface area contributed by atoms with E-state index < -0.39 is 0 Å². The van der Waals surface area contributed by atoms with Crippen LogP contribution in [0.2, 0.25) is 0 Å². The van der Waals surface area contributed by atoms with Gasteiger partial charge < -0.3 is 10.1 Å². The van der Waals surface area contributed by atoms with Crippen LogP contribution in [0.5, 0.6) is 5.75 Å². The van der Waals surface area contributed by atoms with Crippen molar-refractivity contribution in [2.24, 2.45) is 0 Å². The molecular formula is C18H21NO2. The Kier molecular flexibility index (Phi) is 5.38. The SMILES string of the molecule is CCCCOc1cccc(C(=O)Nc2cccc(C)c2)c1. The molecule has 0 spiro atoms. The fourth-order valence-electron chi connectivity index (χ4n) is 1.99. The molecule has 21 heavy (non-hydrogen) atoms. The minimum atomic E-state index is -0.124. The molecule has 0 bridgehead atoms. The lowest BCUT2D eigenvalue weighted by Gasteiger charge is -2.09. The van der Waals surface area contributed by atoms with Crippen LogP contribution in [0.3, 0.4) is 0 Å². The Morgan fingerprint density at radius 1 is 1.14 bits per heavy atom. The molecule has 3 heteroatoms. The predicted molar refractivity (Wildman–Crippen MR) is 86.0 cm³/mol. The van der Waals surface area contributed by atoms with Crippen molar-refractivity contribution in [3.63, 3.8) is 0 Å². The van der Waals surface area contributed by atoms with Crippen molar-refractivity contribution < 1.29 is 9.53 Å². The summed E-state index contributed by atoms with van der Waals surface area (Å²) in [7, 11) is 0. The zero-order valence-corrected chi connectivity index (χ0v) is 12.6. The van der Waals surface area contributed by atoms with Crippen molar-refractivity contribution in [1.29, 1.82) is 0 Å². The molecule has 0 aliphatic rings. The summed E-state index contributed by atoms with van der Waals surface area (Å²) >= 11 is 0. The standard InChI is InChI=1S/C18H21NO2/c1-3-4-11-21-17-10-6-8-15(13-17)18(20)19-16-9-5-7-14(2)12-16/h5-10,12-13H,3-4,11H2,1-2H3,(H,19,20). The van der Waals surface area contributed by atoms with Crippen LogP contribution in [0.4, 0.5) is 5.69 Å². The van der Waals surface area contributed by atoms with Gasteiger partial charge in [-0.25, -0.2) is 0 Å². The molecule has 0 saturated heterocycles. The molecule has 1 N–H and O–H groups in total. The van der Waals surface area contributed by atoms with Crippen LogP contribution in [-0.4, -0.2) is 12.5 Å². The summed E-state index contributed by atoms with van der Waals surface area (Å²) in [5.41, 5.74) is 2.52.